The first kappa shape index (κ1) is 15.4. The Labute approximate surface area is 109 Å². The lowest BCUT2D eigenvalue weighted by Gasteiger charge is -2.31. The molecule has 1 amide bonds. The molecule has 18 heavy (non-hydrogen) atoms. The molecule has 0 aromatic carbocycles. The highest BCUT2D eigenvalue weighted by atomic mass is 32.2. The van der Waals surface area contributed by atoms with Crippen LogP contribution in [0, 0.1) is 0 Å². The Morgan fingerprint density at radius 1 is 1.44 bits per heavy atom. The van der Waals surface area contributed by atoms with Gasteiger partial charge in [-0.15, -0.1) is 0 Å². The van der Waals surface area contributed by atoms with Crippen molar-refractivity contribution in [1.82, 2.24) is 9.62 Å². The van der Waals surface area contributed by atoms with Crippen LogP contribution in [0.1, 0.15) is 32.6 Å². The second-order valence-electron chi connectivity index (χ2n) is 4.84. The Morgan fingerprint density at radius 3 is 2.44 bits per heavy atom. The zero-order valence-electron chi connectivity index (χ0n) is 11.1. The summed E-state index contributed by atoms with van der Waals surface area (Å²) < 4.78 is 24.1. The van der Waals surface area contributed by atoms with Crippen molar-refractivity contribution >= 4 is 15.9 Å². The van der Waals surface area contributed by atoms with Crippen molar-refractivity contribution in [3.8, 4) is 0 Å². The van der Waals surface area contributed by atoms with Crippen molar-refractivity contribution in [2.24, 2.45) is 5.73 Å². The zero-order valence-corrected chi connectivity index (χ0v) is 11.9. The fourth-order valence-electron chi connectivity index (χ4n) is 2.08. The van der Waals surface area contributed by atoms with Crippen LogP contribution in [0.2, 0.25) is 0 Å². The van der Waals surface area contributed by atoms with Gasteiger partial charge < -0.3 is 11.1 Å². The number of carbonyl (C=O) groups excluding carboxylic acids is 1. The maximum atomic E-state index is 11.7. The van der Waals surface area contributed by atoms with Gasteiger partial charge >= 0.3 is 0 Å². The summed E-state index contributed by atoms with van der Waals surface area (Å²) in [5, 5.41) is 2.89. The Balaban J connectivity index is 2.38. The van der Waals surface area contributed by atoms with Gasteiger partial charge in [-0.2, -0.15) is 0 Å². The monoisotopic (exact) mass is 277 g/mol. The zero-order chi connectivity index (χ0) is 13.8. The maximum absolute atomic E-state index is 11.7. The number of rotatable bonds is 5. The van der Waals surface area contributed by atoms with Gasteiger partial charge in [0, 0.05) is 19.1 Å². The van der Waals surface area contributed by atoms with E-state index in [4.69, 9.17) is 5.73 Å². The third kappa shape index (κ3) is 4.55. The van der Waals surface area contributed by atoms with E-state index in [1.165, 1.54) is 10.6 Å². The fourth-order valence-corrected chi connectivity index (χ4v) is 2.96. The minimum Gasteiger partial charge on any atom is -0.352 e. The molecule has 7 heteroatoms. The van der Waals surface area contributed by atoms with Crippen molar-refractivity contribution in [2.45, 2.75) is 44.7 Å². The molecule has 3 N–H and O–H groups in total. The molecule has 0 aromatic heterocycles. The number of piperidine rings is 1. The van der Waals surface area contributed by atoms with Gasteiger partial charge in [0.05, 0.1) is 12.3 Å². The Bertz CT molecular complexity index is 375. The van der Waals surface area contributed by atoms with Crippen molar-refractivity contribution in [2.75, 3.05) is 19.3 Å². The molecule has 0 unspecified atom stereocenters. The third-order valence-electron chi connectivity index (χ3n) is 3.21. The molecular formula is C11H23N3O3S. The molecule has 0 saturated carbocycles. The summed E-state index contributed by atoms with van der Waals surface area (Å²) >= 11 is 0. The lowest BCUT2D eigenvalue weighted by Crippen LogP contribution is -2.50. The quantitative estimate of drug-likeness (QED) is 0.718. The second kappa shape index (κ2) is 6.49. The average Bonchev–Trinajstić information content (AvgIpc) is 2.28. The summed E-state index contributed by atoms with van der Waals surface area (Å²) in [5.41, 5.74) is 5.72. The van der Waals surface area contributed by atoms with Gasteiger partial charge in [-0.1, -0.05) is 13.3 Å². The van der Waals surface area contributed by atoms with E-state index < -0.39 is 16.1 Å². The number of sulfonamides is 1. The van der Waals surface area contributed by atoms with Crippen molar-refractivity contribution in [1.29, 1.82) is 0 Å². The molecule has 1 aliphatic heterocycles. The molecule has 1 fully saturated rings. The van der Waals surface area contributed by atoms with Crippen LogP contribution in [-0.4, -0.2) is 50.1 Å². The summed E-state index contributed by atoms with van der Waals surface area (Å²) in [5.74, 6) is -0.130. The second-order valence-corrected chi connectivity index (χ2v) is 6.82. The van der Waals surface area contributed by atoms with Gasteiger partial charge in [0.15, 0.2) is 0 Å². The standard InChI is InChI=1S/C11H23N3O3S/c1-3-4-10(12)11(15)13-9-5-7-14(8-6-9)18(2,16)17/h9-10H,3-8,12H2,1-2H3,(H,13,15)/t10-/m1/s1. The predicted molar refractivity (Wildman–Crippen MR) is 70.5 cm³/mol. The minimum atomic E-state index is -3.11. The van der Waals surface area contributed by atoms with E-state index in [1.807, 2.05) is 6.92 Å². The Morgan fingerprint density at radius 2 is 2.00 bits per heavy atom. The summed E-state index contributed by atoms with van der Waals surface area (Å²) in [6.07, 6.45) is 4.06. The number of nitrogens with zero attached hydrogens (tertiary/aromatic N) is 1. The molecule has 6 nitrogen and oxygen atoms in total. The van der Waals surface area contributed by atoms with E-state index in [0.717, 1.165) is 6.42 Å². The SMILES string of the molecule is CCC[C@@H](N)C(=O)NC1CCN(S(C)(=O)=O)CC1. The van der Waals surface area contributed by atoms with Crippen LogP contribution in [0.3, 0.4) is 0 Å². The van der Waals surface area contributed by atoms with Crippen LogP contribution >= 0.6 is 0 Å². The normalized spacial score (nSPS) is 20.6. The highest BCUT2D eigenvalue weighted by Gasteiger charge is 2.26. The van der Waals surface area contributed by atoms with Gasteiger partial charge in [0.25, 0.3) is 0 Å². The summed E-state index contributed by atoms with van der Waals surface area (Å²) in [4.78, 5) is 11.7. The number of hydrogen-bond acceptors (Lipinski definition) is 4. The van der Waals surface area contributed by atoms with Gasteiger partial charge in [-0.25, -0.2) is 12.7 Å². The molecule has 0 radical (unpaired) electrons. The van der Waals surface area contributed by atoms with Gasteiger partial charge in [0.1, 0.15) is 0 Å². The van der Waals surface area contributed by atoms with Crippen LogP contribution < -0.4 is 11.1 Å². The molecule has 0 aliphatic carbocycles. The van der Waals surface area contributed by atoms with Crippen molar-refractivity contribution in [3.05, 3.63) is 0 Å². The number of nitrogens with two attached hydrogens (primary N) is 1. The minimum absolute atomic E-state index is 0.0402. The van der Waals surface area contributed by atoms with E-state index in [9.17, 15) is 13.2 Å². The van der Waals surface area contributed by atoms with Gasteiger partial charge in [-0.05, 0) is 19.3 Å². The van der Waals surface area contributed by atoms with E-state index in [2.05, 4.69) is 5.32 Å². The molecular weight excluding hydrogens is 254 g/mol. The molecule has 1 heterocycles. The van der Waals surface area contributed by atoms with E-state index in [0.29, 0.717) is 32.4 Å². The van der Waals surface area contributed by atoms with E-state index >= 15 is 0 Å². The first-order valence-corrected chi connectivity index (χ1v) is 8.20. The third-order valence-corrected chi connectivity index (χ3v) is 4.51. The van der Waals surface area contributed by atoms with E-state index in [-0.39, 0.29) is 11.9 Å². The number of hydrogen-bond donors (Lipinski definition) is 2. The highest BCUT2D eigenvalue weighted by Crippen LogP contribution is 2.13. The van der Waals surface area contributed by atoms with Gasteiger partial charge in [-0.3, -0.25) is 4.79 Å². The van der Waals surface area contributed by atoms with Crippen LogP contribution in [0.4, 0.5) is 0 Å². The highest BCUT2D eigenvalue weighted by molar-refractivity contribution is 7.88. The van der Waals surface area contributed by atoms with Crippen molar-refractivity contribution in [3.63, 3.8) is 0 Å². The average molecular weight is 277 g/mol. The first-order valence-electron chi connectivity index (χ1n) is 6.35. The molecule has 0 aromatic rings. The lowest BCUT2D eigenvalue weighted by atomic mass is 10.1. The molecule has 0 bridgehead atoms. The van der Waals surface area contributed by atoms with Gasteiger partial charge in [0.2, 0.25) is 15.9 Å². The van der Waals surface area contributed by atoms with Crippen molar-refractivity contribution < 1.29 is 13.2 Å². The number of amides is 1. The topological polar surface area (TPSA) is 92.5 Å². The Hall–Kier alpha value is -0.660. The first-order chi connectivity index (χ1) is 8.34. The molecule has 1 saturated heterocycles. The molecule has 1 aliphatic rings. The van der Waals surface area contributed by atoms with Crippen LogP contribution in [0.5, 0.6) is 0 Å². The van der Waals surface area contributed by atoms with Crippen LogP contribution in [0.25, 0.3) is 0 Å². The van der Waals surface area contributed by atoms with E-state index in [1.54, 1.807) is 0 Å². The largest absolute Gasteiger partial charge is 0.352 e. The molecule has 1 atom stereocenters. The molecule has 1 rings (SSSR count). The summed E-state index contributed by atoms with van der Waals surface area (Å²) in [7, 11) is -3.11. The molecule has 0 spiro atoms. The summed E-state index contributed by atoms with van der Waals surface area (Å²) in [6, 6.07) is -0.415. The van der Waals surface area contributed by atoms with Crippen LogP contribution in [-0.2, 0) is 14.8 Å². The number of carbonyl (C=O) groups is 1. The summed E-state index contributed by atoms with van der Waals surface area (Å²) in [6.45, 7) is 2.91. The Kier molecular flexibility index (Phi) is 5.55. The number of nitrogens with one attached hydrogen (secondary N) is 1. The maximum Gasteiger partial charge on any atom is 0.237 e. The molecule has 106 valence electrons. The smallest absolute Gasteiger partial charge is 0.237 e. The van der Waals surface area contributed by atoms with Crippen LogP contribution in [0.15, 0.2) is 0 Å². The lowest BCUT2D eigenvalue weighted by molar-refractivity contribution is -0.123. The fraction of sp³-hybridized carbons (Fsp3) is 0.909. The predicted octanol–water partition coefficient (Wildman–Crippen LogP) is -0.346.